The van der Waals surface area contributed by atoms with Gasteiger partial charge in [0.15, 0.2) is 16.7 Å². The van der Waals surface area contributed by atoms with Crippen LogP contribution in [0.1, 0.15) is 23.1 Å². The number of rotatable bonds is 6. The zero-order valence-electron chi connectivity index (χ0n) is 19.5. The van der Waals surface area contributed by atoms with Crippen molar-refractivity contribution in [2.45, 2.75) is 24.8 Å². The number of nitrogens with one attached hydrogen (secondary N) is 1. The van der Waals surface area contributed by atoms with Crippen LogP contribution in [0, 0.1) is 5.82 Å². The van der Waals surface area contributed by atoms with Crippen molar-refractivity contribution in [3.63, 3.8) is 0 Å². The fourth-order valence-electron chi connectivity index (χ4n) is 4.26. The molecule has 0 unspecified atom stereocenters. The number of hydrogen-bond acceptors (Lipinski definition) is 7. The van der Waals surface area contributed by atoms with E-state index in [0.717, 1.165) is 16.7 Å². The molecule has 0 aromatic heterocycles. The number of amidine groups is 2. The van der Waals surface area contributed by atoms with Crippen molar-refractivity contribution >= 4 is 40.3 Å². The standard InChI is InChI=1S/C27H21FN4O4S/c28-18-8-5-16(6-9-18)14-37-27-31-20-4-2-1-3-19(20)25-30-21(26(34)32(25)27)12-24(33)29-13-17-7-10-22-23(11-17)36-15-35-22/h1-11,21H,12-15H2,(H,29,33)/t21-/m0/s1. The monoisotopic (exact) mass is 516 g/mol. The lowest BCUT2D eigenvalue weighted by Gasteiger charge is -2.25. The molecule has 37 heavy (non-hydrogen) atoms. The van der Waals surface area contributed by atoms with Gasteiger partial charge < -0.3 is 14.8 Å². The van der Waals surface area contributed by atoms with Gasteiger partial charge in [-0.15, -0.1) is 0 Å². The van der Waals surface area contributed by atoms with Gasteiger partial charge in [0.2, 0.25) is 12.7 Å². The molecular formula is C27H21FN4O4S. The zero-order valence-corrected chi connectivity index (χ0v) is 20.3. The van der Waals surface area contributed by atoms with E-state index in [1.165, 1.54) is 28.8 Å². The van der Waals surface area contributed by atoms with Crippen LogP contribution in [0.3, 0.4) is 0 Å². The van der Waals surface area contributed by atoms with Crippen LogP contribution in [0.5, 0.6) is 11.5 Å². The Hall–Kier alpha value is -4.18. The lowest BCUT2D eigenvalue weighted by atomic mass is 10.1. The van der Waals surface area contributed by atoms with Gasteiger partial charge in [0.25, 0.3) is 5.91 Å². The largest absolute Gasteiger partial charge is 0.454 e. The second-order valence-corrected chi connectivity index (χ2v) is 9.58. The van der Waals surface area contributed by atoms with E-state index in [1.807, 2.05) is 36.4 Å². The number of carbonyl (C=O) groups is 2. The molecule has 3 aliphatic rings. The maximum atomic E-state index is 13.4. The van der Waals surface area contributed by atoms with Crippen molar-refractivity contribution in [1.29, 1.82) is 0 Å². The SMILES string of the molecule is O=C(C[C@@H]1N=C2c3ccccc3N=C(SCc3ccc(F)cc3)N2C1=O)NCc1ccc2c(c1)OCO2. The van der Waals surface area contributed by atoms with Crippen LogP contribution in [0.15, 0.2) is 76.7 Å². The Morgan fingerprint density at radius 3 is 2.70 bits per heavy atom. The number of aliphatic imine (C=N–C) groups is 2. The lowest BCUT2D eigenvalue weighted by Crippen LogP contribution is -2.42. The number of para-hydroxylation sites is 1. The molecule has 186 valence electrons. The summed E-state index contributed by atoms with van der Waals surface area (Å²) in [5.41, 5.74) is 3.21. The maximum Gasteiger partial charge on any atom is 0.259 e. The van der Waals surface area contributed by atoms with Crippen molar-refractivity contribution in [2.24, 2.45) is 9.98 Å². The third kappa shape index (κ3) is 4.67. The molecule has 3 aliphatic heterocycles. The summed E-state index contributed by atoms with van der Waals surface area (Å²) < 4.78 is 24.0. The molecule has 2 amide bonds. The Morgan fingerprint density at radius 1 is 1.05 bits per heavy atom. The zero-order chi connectivity index (χ0) is 25.4. The Morgan fingerprint density at radius 2 is 1.84 bits per heavy atom. The van der Waals surface area contributed by atoms with E-state index >= 15 is 0 Å². The molecule has 0 saturated carbocycles. The van der Waals surface area contributed by atoms with E-state index in [1.54, 1.807) is 18.2 Å². The number of nitrogens with zero attached hydrogens (tertiary/aromatic N) is 3. The first-order valence-corrected chi connectivity index (χ1v) is 12.7. The lowest BCUT2D eigenvalue weighted by molar-refractivity contribution is -0.128. The third-order valence-electron chi connectivity index (χ3n) is 6.13. The molecule has 0 bridgehead atoms. The fourth-order valence-corrected chi connectivity index (χ4v) is 5.22. The van der Waals surface area contributed by atoms with Crippen LogP contribution in [-0.2, 0) is 21.9 Å². The van der Waals surface area contributed by atoms with Gasteiger partial charge in [-0.25, -0.2) is 14.3 Å². The first kappa shape index (κ1) is 23.2. The molecule has 3 aromatic rings. The predicted molar refractivity (Wildman–Crippen MR) is 137 cm³/mol. The highest BCUT2D eigenvalue weighted by Gasteiger charge is 2.42. The van der Waals surface area contributed by atoms with Gasteiger partial charge in [-0.05, 0) is 47.5 Å². The highest BCUT2D eigenvalue weighted by atomic mass is 32.2. The van der Waals surface area contributed by atoms with Crippen LogP contribution in [0.4, 0.5) is 10.1 Å². The Labute approximate surface area is 216 Å². The molecule has 10 heteroatoms. The summed E-state index contributed by atoms with van der Waals surface area (Å²) in [5.74, 6) is 1.42. The maximum absolute atomic E-state index is 13.4. The average Bonchev–Trinajstić information content (AvgIpc) is 3.51. The molecule has 3 aromatic carbocycles. The van der Waals surface area contributed by atoms with Gasteiger partial charge in [-0.2, -0.15) is 0 Å². The Bertz CT molecular complexity index is 1460. The third-order valence-corrected chi connectivity index (χ3v) is 7.14. The average molecular weight is 517 g/mol. The highest BCUT2D eigenvalue weighted by Crippen LogP contribution is 2.35. The fraction of sp³-hybridized carbons (Fsp3) is 0.185. The number of amides is 2. The number of hydrogen-bond donors (Lipinski definition) is 1. The van der Waals surface area contributed by atoms with E-state index in [9.17, 15) is 14.0 Å². The number of ether oxygens (including phenoxy) is 2. The Balaban J connectivity index is 1.16. The van der Waals surface area contributed by atoms with Crippen molar-refractivity contribution in [2.75, 3.05) is 6.79 Å². The summed E-state index contributed by atoms with van der Waals surface area (Å²) in [5, 5.41) is 3.34. The molecule has 0 aliphatic carbocycles. The number of carbonyl (C=O) groups excluding carboxylic acids is 2. The van der Waals surface area contributed by atoms with Gasteiger partial charge in [-0.1, -0.05) is 42.1 Å². The van der Waals surface area contributed by atoms with Gasteiger partial charge in [0.05, 0.1) is 12.1 Å². The van der Waals surface area contributed by atoms with E-state index in [0.29, 0.717) is 40.5 Å². The van der Waals surface area contributed by atoms with Crippen LogP contribution in [0.25, 0.3) is 0 Å². The van der Waals surface area contributed by atoms with Gasteiger partial charge in [0, 0.05) is 17.9 Å². The summed E-state index contributed by atoms with van der Waals surface area (Å²) >= 11 is 1.37. The van der Waals surface area contributed by atoms with Crippen molar-refractivity contribution in [1.82, 2.24) is 10.2 Å². The molecule has 0 fully saturated rings. The topological polar surface area (TPSA) is 92.6 Å². The molecule has 0 radical (unpaired) electrons. The van der Waals surface area contributed by atoms with Crippen LogP contribution in [0.2, 0.25) is 0 Å². The molecule has 0 saturated heterocycles. The van der Waals surface area contributed by atoms with Crippen molar-refractivity contribution < 1.29 is 23.5 Å². The molecule has 1 atom stereocenters. The van der Waals surface area contributed by atoms with Crippen molar-refractivity contribution in [3.05, 3.63) is 89.2 Å². The molecular weight excluding hydrogens is 495 g/mol. The molecule has 6 rings (SSSR count). The molecule has 0 spiro atoms. The molecule has 3 heterocycles. The normalized spacial score (nSPS) is 17.2. The molecule has 8 nitrogen and oxygen atoms in total. The van der Waals surface area contributed by atoms with Crippen molar-refractivity contribution in [3.8, 4) is 11.5 Å². The first-order valence-electron chi connectivity index (χ1n) is 11.7. The minimum Gasteiger partial charge on any atom is -0.454 e. The summed E-state index contributed by atoms with van der Waals surface area (Å²) in [4.78, 5) is 37.0. The first-order chi connectivity index (χ1) is 18.0. The number of halogens is 1. The van der Waals surface area contributed by atoms with Gasteiger partial charge in [-0.3, -0.25) is 14.6 Å². The second-order valence-electron chi connectivity index (χ2n) is 8.64. The number of benzene rings is 3. The smallest absolute Gasteiger partial charge is 0.259 e. The predicted octanol–water partition coefficient (Wildman–Crippen LogP) is 4.15. The number of thioether (sulfide) groups is 1. The van der Waals surface area contributed by atoms with Crippen LogP contribution in [-0.4, -0.2) is 40.6 Å². The minimum absolute atomic E-state index is 0.0819. The quantitative estimate of drug-likeness (QED) is 0.531. The minimum atomic E-state index is -0.852. The second kappa shape index (κ2) is 9.70. The molecule has 1 N–H and O–H groups in total. The van der Waals surface area contributed by atoms with Gasteiger partial charge in [0.1, 0.15) is 17.7 Å². The summed E-state index contributed by atoms with van der Waals surface area (Å²) in [6.07, 6.45) is -0.0819. The summed E-state index contributed by atoms with van der Waals surface area (Å²) in [7, 11) is 0. The van der Waals surface area contributed by atoms with E-state index in [4.69, 9.17) is 14.5 Å². The van der Waals surface area contributed by atoms with Gasteiger partial charge >= 0.3 is 0 Å². The highest BCUT2D eigenvalue weighted by molar-refractivity contribution is 8.13. The Kier molecular flexibility index (Phi) is 6.09. The summed E-state index contributed by atoms with van der Waals surface area (Å²) in [6.45, 7) is 0.474. The number of fused-ring (bicyclic) bond motifs is 4. The van der Waals surface area contributed by atoms with Crippen LogP contribution < -0.4 is 14.8 Å². The van der Waals surface area contributed by atoms with E-state index < -0.39 is 6.04 Å². The van der Waals surface area contributed by atoms with E-state index in [2.05, 4.69) is 10.3 Å². The van der Waals surface area contributed by atoms with Crippen LogP contribution >= 0.6 is 11.8 Å². The summed E-state index contributed by atoms with van der Waals surface area (Å²) in [6, 6.07) is 18.3. The van der Waals surface area contributed by atoms with E-state index in [-0.39, 0.29) is 30.8 Å².